The molecule has 0 spiro atoms. The van der Waals surface area contributed by atoms with E-state index in [4.69, 9.17) is 0 Å². The van der Waals surface area contributed by atoms with Gasteiger partial charge in [-0.2, -0.15) is 11.8 Å². The van der Waals surface area contributed by atoms with E-state index in [1.807, 2.05) is 11.8 Å². The Morgan fingerprint density at radius 1 is 1.43 bits per heavy atom. The fraction of sp³-hybridized carbons (Fsp3) is 0.909. The van der Waals surface area contributed by atoms with E-state index in [0.29, 0.717) is 4.75 Å². The third kappa shape index (κ3) is 2.91. The summed E-state index contributed by atoms with van der Waals surface area (Å²) in [5.41, 5.74) is 0. The molecule has 0 amide bonds. The van der Waals surface area contributed by atoms with Gasteiger partial charge in [-0.25, -0.2) is 0 Å². The molecule has 0 bridgehead atoms. The lowest BCUT2D eigenvalue weighted by Crippen LogP contribution is -2.39. The van der Waals surface area contributed by atoms with E-state index in [1.54, 1.807) is 0 Å². The van der Waals surface area contributed by atoms with Crippen LogP contribution in [0.15, 0.2) is 4.99 Å². The molecule has 82 valence electrons. The maximum Gasteiger partial charge on any atom is 0.0964 e. The van der Waals surface area contributed by atoms with Gasteiger partial charge in [-0.3, -0.25) is 4.99 Å². The van der Waals surface area contributed by atoms with Crippen LogP contribution in [0.1, 0.15) is 39.5 Å². The summed E-state index contributed by atoms with van der Waals surface area (Å²) in [6, 6.07) is 0. The van der Waals surface area contributed by atoms with E-state index in [0.717, 1.165) is 19.5 Å². The Morgan fingerprint density at radius 3 is 2.57 bits per heavy atom. The number of nitrogens with one attached hydrogen (secondary N) is 1. The number of amidine groups is 1. The van der Waals surface area contributed by atoms with Crippen molar-refractivity contribution in [3.63, 3.8) is 0 Å². The van der Waals surface area contributed by atoms with Crippen LogP contribution in [-0.4, -0.2) is 29.9 Å². The van der Waals surface area contributed by atoms with Gasteiger partial charge in [-0.15, -0.1) is 0 Å². The van der Waals surface area contributed by atoms with Crippen molar-refractivity contribution >= 4 is 17.6 Å². The van der Waals surface area contributed by atoms with E-state index < -0.39 is 0 Å². The summed E-state index contributed by atoms with van der Waals surface area (Å²) < 4.78 is 0.408. The average Bonchev–Trinajstić information content (AvgIpc) is 2.74. The molecule has 1 aliphatic rings. The highest BCUT2D eigenvalue weighted by molar-refractivity contribution is 8.00. The molecular formula is C11H22N2S. The minimum atomic E-state index is 0.408. The fourth-order valence-electron chi connectivity index (χ4n) is 1.81. The van der Waals surface area contributed by atoms with Crippen LogP contribution in [-0.2, 0) is 0 Å². The van der Waals surface area contributed by atoms with Crippen molar-refractivity contribution in [1.29, 1.82) is 0 Å². The molecule has 0 aliphatic carbocycles. The summed E-state index contributed by atoms with van der Waals surface area (Å²) in [5.74, 6) is 1.23. The number of hydrogen-bond acceptors (Lipinski definition) is 3. The first kappa shape index (κ1) is 11.9. The maximum absolute atomic E-state index is 4.44. The number of thioether (sulfide) groups is 1. The normalized spacial score (nSPS) is 16.9. The lowest BCUT2D eigenvalue weighted by atomic mass is 10.0. The van der Waals surface area contributed by atoms with Gasteiger partial charge in [0.15, 0.2) is 0 Å². The van der Waals surface area contributed by atoms with E-state index in [1.165, 1.54) is 25.1 Å². The highest BCUT2D eigenvalue weighted by Gasteiger charge is 2.25. The summed E-state index contributed by atoms with van der Waals surface area (Å²) in [5, 5.41) is 3.50. The molecule has 0 atom stereocenters. The third-order valence-corrected chi connectivity index (χ3v) is 4.80. The summed E-state index contributed by atoms with van der Waals surface area (Å²) in [7, 11) is 0. The van der Waals surface area contributed by atoms with Crippen LogP contribution < -0.4 is 5.32 Å². The molecule has 0 aromatic heterocycles. The number of aliphatic imine (C=N–C) groups is 1. The molecule has 0 unspecified atom stereocenters. The van der Waals surface area contributed by atoms with E-state index >= 15 is 0 Å². The summed E-state index contributed by atoms with van der Waals surface area (Å²) in [4.78, 5) is 4.44. The first-order valence-electron chi connectivity index (χ1n) is 5.58. The van der Waals surface area contributed by atoms with E-state index in [9.17, 15) is 0 Å². The minimum Gasteiger partial charge on any atom is -0.372 e. The lowest BCUT2D eigenvalue weighted by Gasteiger charge is -2.30. The van der Waals surface area contributed by atoms with Gasteiger partial charge in [0.1, 0.15) is 0 Å². The predicted molar refractivity (Wildman–Crippen MR) is 66.4 cm³/mol. The molecule has 14 heavy (non-hydrogen) atoms. The standard InChI is InChI=1S/C11H22N2S/c1-4-11(5-2,14-3)9-13-10-7-6-8-12-10/h4-9H2,1-3H3,(H,12,13). The molecule has 3 heteroatoms. The van der Waals surface area contributed by atoms with Crippen LogP contribution in [0.4, 0.5) is 0 Å². The van der Waals surface area contributed by atoms with Crippen molar-refractivity contribution < 1.29 is 0 Å². The molecule has 1 rings (SSSR count). The van der Waals surface area contributed by atoms with Crippen molar-refractivity contribution in [2.75, 3.05) is 19.3 Å². The Bertz CT molecular complexity index is 189. The summed E-state index contributed by atoms with van der Waals surface area (Å²) in [6.07, 6.45) is 7.05. The molecule has 0 aromatic carbocycles. The SMILES string of the molecule is CCC(CC)(CNC1=NCCC1)SC. The molecule has 1 N–H and O–H groups in total. The summed E-state index contributed by atoms with van der Waals surface area (Å²) >= 11 is 1.98. The van der Waals surface area contributed by atoms with Gasteiger partial charge in [-0.1, -0.05) is 13.8 Å². The van der Waals surface area contributed by atoms with Gasteiger partial charge in [0.05, 0.1) is 5.84 Å². The molecule has 0 saturated carbocycles. The maximum atomic E-state index is 4.44. The Labute approximate surface area is 92.0 Å². The van der Waals surface area contributed by atoms with Crippen molar-refractivity contribution in [3.8, 4) is 0 Å². The zero-order valence-electron chi connectivity index (χ0n) is 9.60. The van der Waals surface area contributed by atoms with Crippen molar-refractivity contribution in [3.05, 3.63) is 0 Å². The average molecular weight is 214 g/mol. The van der Waals surface area contributed by atoms with Crippen LogP contribution in [0.25, 0.3) is 0 Å². The van der Waals surface area contributed by atoms with Gasteiger partial charge in [-0.05, 0) is 25.5 Å². The number of rotatable bonds is 5. The third-order valence-electron chi connectivity index (χ3n) is 3.21. The first-order valence-corrected chi connectivity index (χ1v) is 6.81. The first-order chi connectivity index (χ1) is 6.76. The minimum absolute atomic E-state index is 0.408. The van der Waals surface area contributed by atoms with Crippen LogP contribution in [0.2, 0.25) is 0 Å². The monoisotopic (exact) mass is 214 g/mol. The lowest BCUT2D eigenvalue weighted by molar-refractivity contribution is 0.536. The van der Waals surface area contributed by atoms with Gasteiger partial charge < -0.3 is 5.32 Å². The Morgan fingerprint density at radius 2 is 2.14 bits per heavy atom. The van der Waals surface area contributed by atoms with E-state index in [-0.39, 0.29) is 0 Å². The number of nitrogens with zero attached hydrogens (tertiary/aromatic N) is 1. The van der Waals surface area contributed by atoms with Crippen LogP contribution in [0.5, 0.6) is 0 Å². The fourth-order valence-corrected chi connectivity index (χ4v) is 2.60. The summed E-state index contributed by atoms with van der Waals surface area (Å²) in [6.45, 7) is 6.64. The van der Waals surface area contributed by atoms with Crippen LogP contribution in [0, 0.1) is 0 Å². The second-order valence-electron chi connectivity index (χ2n) is 3.88. The highest BCUT2D eigenvalue weighted by Crippen LogP contribution is 2.29. The van der Waals surface area contributed by atoms with Crippen molar-refractivity contribution in [1.82, 2.24) is 5.32 Å². The van der Waals surface area contributed by atoms with Gasteiger partial charge in [0, 0.05) is 24.3 Å². The van der Waals surface area contributed by atoms with Crippen molar-refractivity contribution in [2.24, 2.45) is 4.99 Å². The Kier molecular flexibility index (Phi) is 4.79. The predicted octanol–water partition coefficient (Wildman–Crippen LogP) is 2.69. The molecular weight excluding hydrogens is 192 g/mol. The largest absolute Gasteiger partial charge is 0.372 e. The van der Waals surface area contributed by atoms with Gasteiger partial charge in [0.2, 0.25) is 0 Å². The zero-order chi connectivity index (χ0) is 10.4. The number of hydrogen-bond donors (Lipinski definition) is 1. The molecule has 0 fully saturated rings. The van der Waals surface area contributed by atoms with E-state index in [2.05, 4.69) is 30.4 Å². The Balaban J connectivity index is 2.39. The Hall–Kier alpha value is -0.180. The molecule has 1 aliphatic heterocycles. The molecule has 1 heterocycles. The molecule has 0 aromatic rings. The molecule has 2 nitrogen and oxygen atoms in total. The molecule has 0 saturated heterocycles. The second kappa shape index (κ2) is 5.64. The smallest absolute Gasteiger partial charge is 0.0964 e. The molecule has 0 radical (unpaired) electrons. The van der Waals surface area contributed by atoms with Gasteiger partial charge >= 0.3 is 0 Å². The van der Waals surface area contributed by atoms with Crippen molar-refractivity contribution in [2.45, 2.75) is 44.3 Å². The quantitative estimate of drug-likeness (QED) is 0.761. The zero-order valence-corrected chi connectivity index (χ0v) is 10.4. The topological polar surface area (TPSA) is 24.4 Å². The highest BCUT2D eigenvalue weighted by atomic mass is 32.2. The second-order valence-corrected chi connectivity index (χ2v) is 5.15. The van der Waals surface area contributed by atoms with Crippen LogP contribution in [0.3, 0.4) is 0 Å². The van der Waals surface area contributed by atoms with Crippen LogP contribution >= 0.6 is 11.8 Å². The van der Waals surface area contributed by atoms with Gasteiger partial charge in [0.25, 0.3) is 0 Å².